The van der Waals surface area contributed by atoms with Gasteiger partial charge in [-0.25, -0.2) is 0 Å². The van der Waals surface area contributed by atoms with Crippen molar-refractivity contribution in [2.75, 3.05) is 0 Å². The summed E-state index contributed by atoms with van der Waals surface area (Å²) in [7, 11) is 0. The van der Waals surface area contributed by atoms with Crippen molar-refractivity contribution in [2.24, 2.45) is 0 Å². The zero-order valence-corrected chi connectivity index (χ0v) is 12.4. The highest BCUT2D eigenvalue weighted by atomic mass is 35.5. The molecule has 0 heterocycles. The molecule has 8 heteroatoms. The van der Waals surface area contributed by atoms with Gasteiger partial charge in [-0.3, -0.25) is 9.59 Å². The van der Waals surface area contributed by atoms with E-state index >= 15 is 0 Å². The molecule has 0 N–H and O–H groups in total. The molecule has 0 bridgehead atoms. The van der Waals surface area contributed by atoms with Crippen molar-refractivity contribution in [2.45, 2.75) is 38.5 Å². The number of carbonyl (C=O) groups excluding carboxylic acids is 2. The quantitative estimate of drug-likeness (QED) is 0.583. The highest BCUT2D eigenvalue weighted by molar-refractivity contribution is 6.32. The maximum Gasteiger partial charge on any atom is 0.425 e. The Balaban J connectivity index is 2.31. The molecule has 122 valence electrons. The topological polar surface area (TPSA) is 52.6 Å². The minimum Gasteiger partial charge on any atom is -0.453 e. The summed E-state index contributed by atoms with van der Waals surface area (Å²) >= 11 is 5.79. The molecule has 4 nitrogen and oxygen atoms in total. The second-order valence-electron chi connectivity index (χ2n) is 4.43. The van der Waals surface area contributed by atoms with E-state index in [1.54, 1.807) is 18.2 Å². The number of carbonyl (C=O) groups is 2. The molecule has 0 amide bonds. The van der Waals surface area contributed by atoms with Crippen molar-refractivity contribution in [3.8, 4) is 5.75 Å². The summed E-state index contributed by atoms with van der Waals surface area (Å²) in [4.78, 5) is 22.7. The van der Waals surface area contributed by atoms with E-state index in [9.17, 15) is 22.8 Å². The standard InChI is InChI=1S/C14H14ClF3O4/c1-9(14(16,17)18)21-12(19)7-4-8-13(20)22-11-6-3-2-5-10(11)15/h2-3,5-6,9H,4,7-8H2,1H3. The van der Waals surface area contributed by atoms with Gasteiger partial charge in [0.15, 0.2) is 6.10 Å². The molecule has 1 rings (SSSR count). The van der Waals surface area contributed by atoms with E-state index in [4.69, 9.17) is 16.3 Å². The van der Waals surface area contributed by atoms with Gasteiger partial charge in [-0.2, -0.15) is 13.2 Å². The molecule has 0 saturated heterocycles. The largest absolute Gasteiger partial charge is 0.453 e. The lowest BCUT2D eigenvalue weighted by Crippen LogP contribution is -2.30. The zero-order valence-electron chi connectivity index (χ0n) is 11.7. The van der Waals surface area contributed by atoms with Crippen LogP contribution < -0.4 is 4.74 Å². The van der Waals surface area contributed by atoms with Crippen molar-refractivity contribution in [3.05, 3.63) is 29.3 Å². The average molecular weight is 339 g/mol. The van der Waals surface area contributed by atoms with Crippen LogP contribution in [-0.2, 0) is 14.3 Å². The van der Waals surface area contributed by atoms with Gasteiger partial charge < -0.3 is 9.47 Å². The van der Waals surface area contributed by atoms with E-state index in [-0.39, 0.29) is 30.0 Å². The Morgan fingerprint density at radius 1 is 1.18 bits per heavy atom. The van der Waals surface area contributed by atoms with Gasteiger partial charge >= 0.3 is 18.1 Å². The summed E-state index contributed by atoms with van der Waals surface area (Å²) in [6.07, 6.45) is -7.19. The number of rotatable bonds is 6. The number of para-hydroxylation sites is 1. The fourth-order valence-electron chi connectivity index (χ4n) is 1.40. The van der Waals surface area contributed by atoms with Gasteiger partial charge in [-0.15, -0.1) is 0 Å². The number of benzene rings is 1. The lowest BCUT2D eigenvalue weighted by molar-refractivity contribution is -0.216. The van der Waals surface area contributed by atoms with Gasteiger partial charge in [0.05, 0.1) is 5.02 Å². The molecule has 1 unspecified atom stereocenters. The smallest absolute Gasteiger partial charge is 0.425 e. The van der Waals surface area contributed by atoms with Gasteiger partial charge in [0, 0.05) is 12.8 Å². The molecule has 0 fully saturated rings. The van der Waals surface area contributed by atoms with E-state index in [2.05, 4.69) is 4.74 Å². The number of esters is 2. The summed E-state index contributed by atoms with van der Waals surface area (Å²) in [5.41, 5.74) is 0. The maximum absolute atomic E-state index is 12.2. The third kappa shape index (κ3) is 6.34. The van der Waals surface area contributed by atoms with E-state index in [0.29, 0.717) is 0 Å². The monoisotopic (exact) mass is 338 g/mol. The van der Waals surface area contributed by atoms with E-state index in [1.807, 2.05) is 0 Å². The molecule has 0 saturated carbocycles. The average Bonchev–Trinajstić information content (AvgIpc) is 2.40. The Kier molecular flexibility index (Phi) is 6.67. The normalized spacial score (nSPS) is 12.6. The minimum atomic E-state index is -4.60. The molecule has 0 radical (unpaired) electrons. The predicted octanol–water partition coefficient (Wildman–Crippen LogP) is 3.91. The first-order valence-corrected chi connectivity index (χ1v) is 6.79. The summed E-state index contributed by atoms with van der Waals surface area (Å²) < 4.78 is 45.7. The molecule has 1 aromatic carbocycles. The Bertz CT molecular complexity index is 531. The van der Waals surface area contributed by atoms with Crippen LogP contribution in [0.3, 0.4) is 0 Å². The van der Waals surface area contributed by atoms with Crippen molar-refractivity contribution < 1.29 is 32.2 Å². The van der Waals surface area contributed by atoms with Gasteiger partial charge in [0.1, 0.15) is 5.75 Å². The van der Waals surface area contributed by atoms with E-state index < -0.39 is 24.2 Å². The highest BCUT2D eigenvalue weighted by Crippen LogP contribution is 2.24. The predicted molar refractivity (Wildman–Crippen MR) is 72.5 cm³/mol. The Hall–Kier alpha value is -1.76. The third-order valence-electron chi connectivity index (χ3n) is 2.59. The first-order chi connectivity index (χ1) is 10.2. The summed E-state index contributed by atoms with van der Waals surface area (Å²) in [6, 6.07) is 6.33. The van der Waals surface area contributed by atoms with Crippen LogP contribution >= 0.6 is 11.6 Å². The second-order valence-corrected chi connectivity index (χ2v) is 4.84. The Morgan fingerprint density at radius 2 is 1.77 bits per heavy atom. The second kappa shape index (κ2) is 8.03. The highest BCUT2D eigenvalue weighted by Gasteiger charge is 2.38. The molecule has 1 aromatic rings. The van der Waals surface area contributed by atoms with Crippen LogP contribution in [0.5, 0.6) is 5.75 Å². The van der Waals surface area contributed by atoms with Gasteiger partial charge in [0.2, 0.25) is 0 Å². The first kappa shape index (κ1) is 18.3. The summed E-state index contributed by atoms with van der Waals surface area (Å²) in [6.45, 7) is 0.740. The van der Waals surface area contributed by atoms with Crippen LogP contribution in [0.1, 0.15) is 26.2 Å². The van der Waals surface area contributed by atoms with E-state index in [1.165, 1.54) is 6.07 Å². The fourth-order valence-corrected chi connectivity index (χ4v) is 1.58. The maximum atomic E-state index is 12.2. The van der Waals surface area contributed by atoms with Gasteiger partial charge in [-0.1, -0.05) is 23.7 Å². The minimum absolute atomic E-state index is 0.0205. The van der Waals surface area contributed by atoms with Crippen LogP contribution in [0.25, 0.3) is 0 Å². The summed E-state index contributed by atoms with van der Waals surface area (Å²) in [5, 5.41) is 0.259. The number of hydrogen-bond donors (Lipinski definition) is 0. The molecule has 0 spiro atoms. The first-order valence-electron chi connectivity index (χ1n) is 6.41. The van der Waals surface area contributed by atoms with Crippen LogP contribution in [0.4, 0.5) is 13.2 Å². The van der Waals surface area contributed by atoms with Crippen molar-refractivity contribution >= 4 is 23.5 Å². The molecular formula is C14H14ClF3O4. The van der Waals surface area contributed by atoms with E-state index in [0.717, 1.165) is 6.92 Å². The lowest BCUT2D eigenvalue weighted by atomic mass is 10.2. The van der Waals surface area contributed by atoms with Crippen LogP contribution in [0.15, 0.2) is 24.3 Å². The molecular weight excluding hydrogens is 325 g/mol. The lowest BCUT2D eigenvalue weighted by Gasteiger charge is -2.16. The van der Waals surface area contributed by atoms with Gasteiger partial charge in [-0.05, 0) is 25.5 Å². The molecule has 22 heavy (non-hydrogen) atoms. The Labute approximate surface area is 130 Å². The zero-order chi connectivity index (χ0) is 16.8. The molecule has 0 aliphatic heterocycles. The third-order valence-corrected chi connectivity index (χ3v) is 2.90. The fraction of sp³-hybridized carbons (Fsp3) is 0.429. The number of ether oxygens (including phenoxy) is 2. The van der Waals surface area contributed by atoms with Crippen LogP contribution in [0, 0.1) is 0 Å². The number of hydrogen-bond acceptors (Lipinski definition) is 4. The number of alkyl halides is 3. The van der Waals surface area contributed by atoms with Crippen molar-refractivity contribution in [1.29, 1.82) is 0 Å². The molecule has 0 aliphatic rings. The SMILES string of the molecule is CC(OC(=O)CCCC(=O)Oc1ccccc1Cl)C(F)(F)F. The summed E-state index contributed by atoms with van der Waals surface area (Å²) in [5.74, 6) is -1.47. The van der Waals surface area contributed by atoms with Gasteiger partial charge in [0.25, 0.3) is 0 Å². The number of halogens is 4. The molecule has 0 aliphatic carbocycles. The Morgan fingerprint density at radius 3 is 2.36 bits per heavy atom. The molecule has 1 atom stereocenters. The molecule has 0 aromatic heterocycles. The van der Waals surface area contributed by atoms with Crippen LogP contribution in [0.2, 0.25) is 5.02 Å². The van der Waals surface area contributed by atoms with Crippen molar-refractivity contribution in [3.63, 3.8) is 0 Å². The van der Waals surface area contributed by atoms with Crippen molar-refractivity contribution in [1.82, 2.24) is 0 Å². The van der Waals surface area contributed by atoms with Crippen LogP contribution in [-0.4, -0.2) is 24.2 Å².